The monoisotopic (exact) mass is 126 g/mol. The van der Waals surface area contributed by atoms with Gasteiger partial charge in [-0.15, -0.1) is 0 Å². The summed E-state index contributed by atoms with van der Waals surface area (Å²) in [6.45, 7) is 11.1. The molecule has 0 bridgehead atoms. The molecule has 0 unspecified atom stereocenters. The molecule has 0 aliphatic carbocycles. The van der Waals surface area contributed by atoms with Gasteiger partial charge in [0.2, 0.25) is 0 Å². The number of rotatable bonds is 2. The Balaban J connectivity index is 0. The minimum atomic E-state index is 1.71. The maximum atomic E-state index is 3.57. The fraction of sp³-hybridized carbons (Fsp3) is 0.375. The highest BCUT2D eigenvalue weighted by atomic mass is 14.9. The summed E-state index contributed by atoms with van der Waals surface area (Å²) in [7, 11) is 1.86. The average Bonchev–Trinajstić information content (AvgIpc) is 1.88. The van der Waals surface area contributed by atoms with Crippen molar-refractivity contribution in [2.45, 2.75) is 13.8 Å². The topological polar surface area (TPSA) is 3.01 Å². The second-order valence-electron chi connectivity index (χ2n) is 1.33. The summed E-state index contributed by atoms with van der Waals surface area (Å²) in [5.74, 6) is 0. The van der Waals surface area contributed by atoms with Crippen molar-refractivity contribution >= 4 is 6.72 Å². The van der Waals surface area contributed by atoms with E-state index in [-0.39, 0.29) is 0 Å². The predicted octanol–water partition coefficient (Wildman–Crippen LogP) is 2.06. The summed E-state index contributed by atoms with van der Waals surface area (Å²) in [6.07, 6.45) is 5.36. The highest BCUT2D eigenvalue weighted by Gasteiger charge is 1.70. The Morgan fingerprint density at radius 3 is 1.89 bits per heavy atom. The summed E-state index contributed by atoms with van der Waals surface area (Å²) >= 11 is 0. The van der Waals surface area contributed by atoms with Crippen LogP contribution in [0.3, 0.4) is 0 Å². The number of nitrogens with zero attached hydrogens (tertiary/aromatic N) is 1. The highest BCUT2D eigenvalue weighted by molar-refractivity contribution is 5.15. The Hall–Kier alpha value is -0.850. The fourth-order valence-corrected chi connectivity index (χ4v) is 0.208. The van der Waals surface area contributed by atoms with Crippen LogP contribution >= 0.6 is 0 Å². The van der Waals surface area contributed by atoms with Gasteiger partial charge >= 0.3 is 0 Å². The number of hydrogen-bond acceptors (Lipinski definition) is 0. The molecule has 0 aliphatic rings. The lowest BCUT2D eigenvalue weighted by Crippen LogP contribution is -1.86. The standard InChI is InChI=1S/C6H10N.C2H6/c1-4-5-6-7(2)3;1-2/h4-6H,1-2H2,3H3;1-2H3/q+1;/b6-5-;. The molecule has 0 N–H and O–H groups in total. The van der Waals surface area contributed by atoms with Gasteiger partial charge in [-0.1, -0.05) is 26.5 Å². The van der Waals surface area contributed by atoms with Gasteiger partial charge < -0.3 is 0 Å². The summed E-state index contributed by atoms with van der Waals surface area (Å²) in [5.41, 5.74) is 0. The molecule has 0 radical (unpaired) electrons. The third-order valence-electron chi connectivity index (χ3n) is 0.477. The first-order chi connectivity index (χ1) is 4.27. The first-order valence-electron chi connectivity index (χ1n) is 3.10. The molecule has 9 heavy (non-hydrogen) atoms. The molecular formula is C8H16N+. The average molecular weight is 126 g/mol. The van der Waals surface area contributed by atoms with E-state index >= 15 is 0 Å². The molecular weight excluding hydrogens is 110 g/mol. The van der Waals surface area contributed by atoms with Crippen molar-refractivity contribution in [3.05, 3.63) is 24.9 Å². The van der Waals surface area contributed by atoms with Gasteiger partial charge in [-0.25, -0.2) is 4.58 Å². The molecule has 0 rings (SSSR count). The first-order valence-corrected chi connectivity index (χ1v) is 3.10. The van der Waals surface area contributed by atoms with Crippen LogP contribution in [0.15, 0.2) is 24.9 Å². The maximum Gasteiger partial charge on any atom is 0.167 e. The highest BCUT2D eigenvalue weighted by Crippen LogP contribution is 1.69. The Morgan fingerprint density at radius 1 is 1.33 bits per heavy atom. The molecule has 1 heteroatoms. The minimum Gasteiger partial charge on any atom is -0.214 e. The van der Waals surface area contributed by atoms with Crippen LogP contribution in [0.4, 0.5) is 0 Å². The fourth-order valence-electron chi connectivity index (χ4n) is 0.208. The second kappa shape index (κ2) is 10.2. The molecule has 0 atom stereocenters. The van der Waals surface area contributed by atoms with E-state index in [0.29, 0.717) is 0 Å². The van der Waals surface area contributed by atoms with Crippen molar-refractivity contribution in [3.63, 3.8) is 0 Å². The second-order valence-corrected chi connectivity index (χ2v) is 1.33. The zero-order valence-corrected chi connectivity index (χ0v) is 6.59. The van der Waals surface area contributed by atoms with Gasteiger partial charge in [0, 0.05) is 6.08 Å². The van der Waals surface area contributed by atoms with Crippen LogP contribution in [0, 0.1) is 0 Å². The molecule has 1 nitrogen and oxygen atoms in total. The van der Waals surface area contributed by atoms with Gasteiger partial charge in [0.05, 0.1) is 0 Å². The van der Waals surface area contributed by atoms with Crippen molar-refractivity contribution in [1.29, 1.82) is 0 Å². The molecule has 0 spiro atoms. The van der Waals surface area contributed by atoms with Crippen molar-refractivity contribution < 1.29 is 4.58 Å². The van der Waals surface area contributed by atoms with Crippen molar-refractivity contribution in [2.24, 2.45) is 0 Å². The number of allylic oxidation sites excluding steroid dienone is 2. The normalized spacial score (nSPS) is 7.89. The Bertz CT molecular complexity index is 101. The molecule has 0 fully saturated rings. The van der Waals surface area contributed by atoms with Crippen molar-refractivity contribution in [3.8, 4) is 0 Å². The van der Waals surface area contributed by atoms with E-state index in [9.17, 15) is 0 Å². The van der Waals surface area contributed by atoms with Crippen LogP contribution in [-0.4, -0.2) is 18.3 Å². The van der Waals surface area contributed by atoms with Crippen molar-refractivity contribution in [2.75, 3.05) is 7.05 Å². The predicted molar refractivity (Wildman–Crippen MR) is 44.0 cm³/mol. The third-order valence-corrected chi connectivity index (χ3v) is 0.477. The molecule has 0 heterocycles. The van der Waals surface area contributed by atoms with Gasteiger partial charge in [-0.2, -0.15) is 0 Å². The quantitative estimate of drug-likeness (QED) is 0.302. The van der Waals surface area contributed by atoms with Gasteiger partial charge in [0.15, 0.2) is 6.20 Å². The van der Waals surface area contributed by atoms with E-state index in [1.54, 1.807) is 10.7 Å². The summed E-state index contributed by atoms with van der Waals surface area (Å²) in [6, 6.07) is 0. The summed E-state index contributed by atoms with van der Waals surface area (Å²) < 4.78 is 1.71. The minimum absolute atomic E-state index is 1.71. The van der Waals surface area contributed by atoms with Crippen LogP contribution in [0.25, 0.3) is 0 Å². The third kappa shape index (κ3) is 19.1. The van der Waals surface area contributed by atoms with Gasteiger partial charge in [0.25, 0.3) is 0 Å². The van der Waals surface area contributed by atoms with E-state index in [2.05, 4.69) is 13.3 Å². The lowest BCUT2D eigenvalue weighted by atomic mass is 10.6. The Morgan fingerprint density at radius 2 is 1.78 bits per heavy atom. The van der Waals surface area contributed by atoms with E-state index in [4.69, 9.17) is 0 Å². The van der Waals surface area contributed by atoms with E-state index in [1.165, 1.54) is 0 Å². The van der Waals surface area contributed by atoms with Crippen LogP contribution < -0.4 is 0 Å². The molecule has 0 saturated carbocycles. The van der Waals surface area contributed by atoms with Crippen LogP contribution in [0.2, 0.25) is 0 Å². The SMILES string of the molecule is C=C/C=C\[N+](=C)C.CC. The maximum absolute atomic E-state index is 3.57. The first kappa shape index (κ1) is 11.0. The molecule has 0 aromatic carbocycles. The van der Waals surface area contributed by atoms with Gasteiger partial charge in [-0.05, 0) is 0 Å². The zero-order valence-electron chi connectivity index (χ0n) is 6.59. The molecule has 0 amide bonds. The molecule has 0 aliphatic heterocycles. The lowest BCUT2D eigenvalue weighted by Gasteiger charge is -1.73. The van der Waals surface area contributed by atoms with Crippen LogP contribution in [0.1, 0.15) is 13.8 Å². The Kier molecular flexibility index (Phi) is 12.5. The largest absolute Gasteiger partial charge is 0.214 e. The van der Waals surface area contributed by atoms with E-state index in [1.807, 2.05) is 33.2 Å². The molecule has 0 saturated heterocycles. The summed E-state index contributed by atoms with van der Waals surface area (Å²) in [5, 5.41) is 0. The van der Waals surface area contributed by atoms with Gasteiger partial charge in [0.1, 0.15) is 13.8 Å². The zero-order chi connectivity index (χ0) is 7.70. The number of hydrogen-bond donors (Lipinski definition) is 0. The van der Waals surface area contributed by atoms with E-state index < -0.39 is 0 Å². The smallest absolute Gasteiger partial charge is 0.167 e. The van der Waals surface area contributed by atoms with Gasteiger partial charge in [-0.3, -0.25) is 0 Å². The van der Waals surface area contributed by atoms with Crippen LogP contribution in [0.5, 0.6) is 0 Å². The van der Waals surface area contributed by atoms with E-state index in [0.717, 1.165) is 0 Å². The van der Waals surface area contributed by atoms with Crippen LogP contribution in [-0.2, 0) is 0 Å². The summed E-state index contributed by atoms with van der Waals surface area (Å²) in [4.78, 5) is 0. The molecule has 52 valence electrons. The molecule has 0 aromatic heterocycles. The lowest BCUT2D eigenvalue weighted by molar-refractivity contribution is -0.412. The Labute approximate surface area is 58.0 Å². The van der Waals surface area contributed by atoms with Crippen molar-refractivity contribution in [1.82, 2.24) is 0 Å². The molecule has 0 aromatic rings.